The SMILES string of the molecule is CCCCCCCC=Cc1cnc(-c2ccc(CCCCCC(C)O)c(F)c2F)nc1. The van der Waals surface area contributed by atoms with Gasteiger partial charge in [0, 0.05) is 18.0 Å². The van der Waals surface area contributed by atoms with Crippen LogP contribution in [0.5, 0.6) is 0 Å². The number of rotatable bonds is 14. The summed E-state index contributed by atoms with van der Waals surface area (Å²) in [6.07, 6.45) is 18.1. The molecule has 1 aromatic carbocycles. The van der Waals surface area contributed by atoms with Crippen molar-refractivity contribution in [2.45, 2.75) is 90.6 Å². The fourth-order valence-electron chi connectivity index (χ4n) is 3.54. The van der Waals surface area contributed by atoms with E-state index in [1.807, 2.05) is 6.08 Å². The van der Waals surface area contributed by atoms with Gasteiger partial charge in [-0.25, -0.2) is 18.7 Å². The summed E-state index contributed by atoms with van der Waals surface area (Å²) in [4.78, 5) is 8.46. The molecule has 0 aliphatic carbocycles. The molecule has 3 nitrogen and oxygen atoms in total. The minimum atomic E-state index is -0.892. The summed E-state index contributed by atoms with van der Waals surface area (Å²) in [5.41, 5.74) is 1.31. The van der Waals surface area contributed by atoms with Crippen molar-refractivity contribution in [2.24, 2.45) is 0 Å². The van der Waals surface area contributed by atoms with Gasteiger partial charge in [-0.2, -0.15) is 0 Å². The molecule has 1 heterocycles. The monoisotopic (exact) mass is 430 g/mol. The van der Waals surface area contributed by atoms with Crippen molar-refractivity contribution in [1.29, 1.82) is 0 Å². The molecule has 2 aromatic rings. The van der Waals surface area contributed by atoms with Crippen molar-refractivity contribution in [3.8, 4) is 11.4 Å². The van der Waals surface area contributed by atoms with Crippen LogP contribution in [0.2, 0.25) is 0 Å². The van der Waals surface area contributed by atoms with Gasteiger partial charge in [-0.05, 0) is 50.7 Å². The molecule has 0 bridgehead atoms. The first-order chi connectivity index (χ1) is 15.0. The second-order valence-electron chi connectivity index (χ2n) is 8.29. The van der Waals surface area contributed by atoms with E-state index in [2.05, 4.69) is 23.0 Å². The predicted octanol–water partition coefficient (Wildman–Crippen LogP) is 7.28. The molecule has 0 spiro atoms. The van der Waals surface area contributed by atoms with E-state index >= 15 is 0 Å². The first-order valence-electron chi connectivity index (χ1n) is 11.7. The number of allylic oxidation sites excluding steroid dienone is 1. The summed E-state index contributed by atoms with van der Waals surface area (Å²) >= 11 is 0. The Morgan fingerprint density at radius 3 is 2.35 bits per heavy atom. The first-order valence-corrected chi connectivity index (χ1v) is 11.7. The van der Waals surface area contributed by atoms with E-state index in [9.17, 15) is 13.9 Å². The van der Waals surface area contributed by atoms with Crippen LogP contribution in [0, 0.1) is 11.6 Å². The number of aliphatic hydroxyl groups excluding tert-OH is 1. The molecule has 31 heavy (non-hydrogen) atoms. The van der Waals surface area contributed by atoms with E-state index in [0.717, 1.165) is 37.7 Å². The lowest BCUT2D eigenvalue weighted by Crippen LogP contribution is -2.01. The summed E-state index contributed by atoms with van der Waals surface area (Å²) in [5, 5.41) is 9.27. The van der Waals surface area contributed by atoms with Gasteiger partial charge in [-0.1, -0.05) is 63.7 Å². The third-order valence-electron chi connectivity index (χ3n) is 5.43. The Balaban J connectivity index is 1.90. The molecule has 1 aromatic heterocycles. The highest BCUT2D eigenvalue weighted by Crippen LogP contribution is 2.25. The van der Waals surface area contributed by atoms with Crippen molar-refractivity contribution in [2.75, 3.05) is 0 Å². The average molecular weight is 431 g/mol. The molecular formula is C26H36F2N2O. The van der Waals surface area contributed by atoms with E-state index < -0.39 is 11.6 Å². The molecule has 1 N–H and O–H groups in total. The summed E-state index contributed by atoms with van der Waals surface area (Å²) in [6.45, 7) is 3.97. The molecule has 5 heteroatoms. The molecule has 1 atom stereocenters. The lowest BCUT2D eigenvalue weighted by atomic mass is 10.0. The number of halogens is 2. The van der Waals surface area contributed by atoms with Crippen LogP contribution < -0.4 is 0 Å². The van der Waals surface area contributed by atoms with Gasteiger partial charge in [-0.15, -0.1) is 0 Å². The van der Waals surface area contributed by atoms with Crippen molar-refractivity contribution in [3.63, 3.8) is 0 Å². The lowest BCUT2D eigenvalue weighted by molar-refractivity contribution is 0.180. The number of unbranched alkanes of at least 4 members (excludes halogenated alkanes) is 7. The van der Waals surface area contributed by atoms with Gasteiger partial charge in [0.25, 0.3) is 0 Å². The summed E-state index contributed by atoms with van der Waals surface area (Å²) in [5.74, 6) is -1.52. The maximum Gasteiger partial charge on any atom is 0.170 e. The molecular weight excluding hydrogens is 394 g/mol. The number of hydrogen-bond donors (Lipinski definition) is 1. The van der Waals surface area contributed by atoms with Gasteiger partial charge in [0.05, 0.1) is 11.7 Å². The van der Waals surface area contributed by atoms with Gasteiger partial charge in [0.1, 0.15) is 0 Å². The van der Waals surface area contributed by atoms with Crippen LogP contribution in [-0.2, 0) is 6.42 Å². The Morgan fingerprint density at radius 2 is 1.65 bits per heavy atom. The molecule has 0 aliphatic heterocycles. The van der Waals surface area contributed by atoms with Crippen LogP contribution in [0.25, 0.3) is 17.5 Å². The fourth-order valence-corrected chi connectivity index (χ4v) is 3.54. The number of benzene rings is 1. The van der Waals surface area contributed by atoms with Crippen molar-refractivity contribution >= 4 is 6.08 Å². The van der Waals surface area contributed by atoms with Crippen LogP contribution in [0.4, 0.5) is 8.78 Å². The molecule has 0 aliphatic rings. The largest absolute Gasteiger partial charge is 0.393 e. The van der Waals surface area contributed by atoms with Crippen molar-refractivity contribution < 1.29 is 13.9 Å². The molecule has 170 valence electrons. The van der Waals surface area contributed by atoms with Gasteiger partial charge in [-0.3, -0.25) is 0 Å². The topological polar surface area (TPSA) is 46.0 Å². The van der Waals surface area contributed by atoms with Crippen LogP contribution in [0.3, 0.4) is 0 Å². The Kier molecular flexibility index (Phi) is 11.4. The third kappa shape index (κ3) is 8.86. The summed E-state index contributed by atoms with van der Waals surface area (Å²) < 4.78 is 29.1. The maximum absolute atomic E-state index is 14.6. The number of hydrogen-bond acceptors (Lipinski definition) is 3. The average Bonchev–Trinajstić information content (AvgIpc) is 2.76. The highest BCUT2D eigenvalue weighted by molar-refractivity contribution is 5.58. The Bertz CT molecular complexity index is 804. The lowest BCUT2D eigenvalue weighted by Gasteiger charge is -2.08. The molecule has 0 radical (unpaired) electrons. The molecule has 0 saturated carbocycles. The number of aryl methyl sites for hydroxylation is 1. The second kappa shape index (κ2) is 14.0. The molecule has 0 saturated heterocycles. The zero-order valence-electron chi connectivity index (χ0n) is 18.9. The Hall–Kier alpha value is -2.14. The zero-order valence-corrected chi connectivity index (χ0v) is 18.9. The highest BCUT2D eigenvalue weighted by atomic mass is 19.2. The maximum atomic E-state index is 14.6. The van der Waals surface area contributed by atoms with Crippen molar-refractivity contribution in [1.82, 2.24) is 9.97 Å². The third-order valence-corrected chi connectivity index (χ3v) is 5.43. The molecule has 1 unspecified atom stereocenters. The summed E-state index contributed by atoms with van der Waals surface area (Å²) in [6, 6.07) is 3.18. The second-order valence-corrected chi connectivity index (χ2v) is 8.29. The van der Waals surface area contributed by atoms with Gasteiger partial charge in [0.15, 0.2) is 17.5 Å². The van der Waals surface area contributed by atoms with Crippen LogP contribution >= 0.6 is 0 Å². The van der Waals surface area contributed by atoms with E-state index in [1.165, 1.54) is 32.1 Å². The standard InChI is InChI=1S/C26H36F2N2O/c1-3-4-5-6-7-8-11-14-21-18-29-26(30-19-21)23-17-16-22(24(27)25(23)28)15-12-9-10-13-20(2)31/h11,14,16-20,31H,3-10,12-13,15H2,1-2H3. The van der Waals surface area contributed by atoms with Crippen molar-refractivity contribution in [3.05, 3.63) is 53.4 Å². The predicted molar refractivity (Wildman–Crippen MR) is 124 cm³/mol. The molecule has 0 amide bonds. The van der Waals surface area contributed by atoms with Gasteiger partial charge in [0.2, 0.25) is 0 Å². The first kappa shape index (κ1) is 25.1. The summed E-state index contributed by atoms with van der Waals surface area (Å²) in [7, 11) is 0. The number of nitrogens with zero attached hydrogens (tertiary/aromatic N) is 2. The van der Waals surface area contributed by atoms with E-state index in [1.54, 1.807) is 31.5 Å². The minimum absolute atomic E-state index is 0.0850. The molecule has 0 fully saturated rings. The van der Waals surface area contributed by atoms with E-state index in [0.29, 0.717) is 12.0 Å². The fraction of sp³-hybridized carbons (Fsp3) is 0.538. The minimum Gasteiger partial charge on any atom is -0.393 e. The Morgan fingerprint density at radius 1 is 0.935 bits per heavy atom. The number of aliphatic hydroxyl groups is 1. The zero-order chi connectivity index (χ0) is 22.5. The normalized spacial score (nSPS) is 12.5. The van der Waals surface area contributed by atoms with Crippen LogP contribution in [0.15, 0.2) is 30.6 Å². The van der Waals surface area contributed by atoms with Gasteiger partial charge < -0.3 is 5.11 Å². The van der Waals surface area contributed by atoms with E-state index in [4.69, 9.17) is 0 Å². The Labute approximate surface area is 185 Å². The van der Waals surface area contributed by atoms with Crippen LogP contribution in [-0.4, -0.2) is 21.2 Å². The molecule has 2 rings (SSSR count). The quantitative estimate of drug-likeness (QED) is 0.320. The van der Waals surface area contributed by atoms with Crippen LogP contribution in [0.1, 0.15) is 89.2 Å². The smallest absolute Gasteiger partial charge is 0.170 e. The van der Waals surface area contributed by atoms with Gasteiger partial charge >= 0.3 is 0 Å². The highest BCUT2D eigenvalue weighted by Gasteiger charge is 2.16. The van der Waals surface area contributed by atoms with E-state index in [-0.39, 0.29) is 17.5 Å². The number of aromatic nitrogens is 2.